The van der Waals surface area contributed by atoms with Crippen LogP contribution in [0.1, 0.15) is 33.5 Å². The lowest BCUT2D eigenvalue weighted by Crippen LogP contribution is -2.27. The number of carbonyl (C=O) groups excluding carboxylic acids is 1. The summed E-state index contributed by atoms with van der Waals surface area (Å²) in [7, 11) is -0.861. The third kappa shape index (κ3) is 3.82. The lowest BCUT2D eigenvalue weighted by Gasteiger charge is -2.18. The molecule has 0 saturated carbocycles. The summed E-state index contributed by atoms with van der Waals surface area (Å²) >= 11 is 1.52. The molecule has 24 heavy (non-hydrogen) atoms. The lowest BCUT2D eigenvalue weighted by molar-refractivity contribution is 0.0600. The van der Waals surface area contributed by atoms with Gasteiger partial charge in [0.2, 0.25) is 10.0 Å². The van der Waals surface area contributed by atoms with Crippen LogP contribution in [0.25, 0.3) is 0 Å². The molecule has 8 heteroatoms. The van der Waals surface area contributed by atoms with Gasteiger partial charge in [0.15, 0.2) is 0 Å². The zero-order valence-electron chi connectivity index (χ0n) is 14.1. The van der Waals surface area contributed by atoms with E-state index in [2.05, 4.69) is 9.72 Å². The van der Waals surface area contributed by atoms with Crippen molar-refractivity contribution in [3.63, 3.8) is 0 Å². The van der Waals surface area contributed by atoms with Gasteiger partial charge >= 0.3 is 5.97 Å². The van der Waals surface area contributed by atoms with Crippen molar-refractivity contribution < 1.29 is 17.9 Å². The summed E-state index contributed by atoms with van der Waals surface area (Å²) in [6.07, 6.45) is 0.829. The molecule has 0 N–H and O–H groups in total. The Morgan fingerprint density at radius 1 is 1.38 bits per heavy atom. The van der Waals surface area contributed by atoms with Crippen molar-refractivity contribution in [1.82, 2.24) is 9.29 Å². The van der Waals surface area contributed by atoms with E-state index in [0.717, 1.165) is 17.1 Å². The second-order valence-corrected chi connectivity index (χ2v) is 8.28. The zero-order valence-corrected chi connectivity index (χ0v) is 15.7. The topological polar surface area (TPSA) is 76.6 Å². The van der Waals surface area contributed by atoms with Gasteiger partial charge < -0.3 is 4.74 Å². The number of aryl methyl sites for hydroxylation is 2. The second-order valence-electron chi connectivity index (χ2n) is 5.32. The third-order valence-corrected chi connectivity index (χ3v) is 6.58. The Labute approximate surface area is 146 Å². The molecular weight excluding hydrogens is 348 g/mol. The molecule has 1 aromatic heterocycles. The summed E-state index contributed by atoms with van der Waals surface area (Å²) in [6.45, 7) is 3.87. The van der Waals surface area contributed by atoms with Crippen LogP contribution in [0.5, 0.6) is 0 Å². The standard InChI is InChI=1S/C16H20N2O4S2/c1-5-15-17-13(10-23-15)9-18(3)24(20,21)14-7-6-12(8-11(14)2)16(19)22-4/h6-8,10H,5,9H2,1-4H3. The number of hydrogen-bond donors (Lipinski definition) is 0. The molecule has 130 valence electrons. The third-order valence-electron chi connectivity index (χ3n) is 3.57. The van der Waals surface area contributed by atoms with E-state index in [-0.39, 0.29) is 11.4 Å². The molecule has 1 aromatic carbocycles. The highest BCUT2D eigenvalue weighted by Crippen LogP contribution is 2.22. The van der Waals surface area contributed by atoms with Gasteiger partial charge in [0.25, 0.3) is 0 Å². The normalized spacial score (nSPS) is 11.7. The smallest absolute Gasteiger partial charge is 0.337 e. The monoisotopic (exact) mass is 368 g/mol. The van der Waals surface area contributed by atoms with E-state index in [1.54, 1.807) is 6.92 Å². The fourth-order valence-electron chi connectivity index (χ4n) is 2.25. The minimum Gasteiger partial charge on any atom is -0.465 e. The molecule has 6 nitrogen and oxygen atoms in total. The molecule has 0 radical (unpaired) electrons. The molecule has 0 amide bonds. The van der Waals surface area contributed by atoms with Crippen LogP contribution in [0.3, 0.4) is 0 Å². The summed E-state index contributed by atoms with van der Waals surface area (Å²) in [5, 5.41) is 2.85. The molecule has 0 fully saturated rings. The van der Waals surface area contributed by atoms with Gasteiger partial charge in [0.1, 0.15) is 0 Å². The Hall–Kier alpha value is -1.77. The minimum absolute atomic E-state index is 0.170. The van der Waals surface area contributed by atoms with Crippen LogP contribution in [0.2, 0.25) is 0 Å². The number of rotatable bonds is 6. The molecule has 0 aliphatic rings. The van der Waals surface area contributed by atoms with E-state index < -0.39 is 16.0 Å². The van der Waals surface area contributed by atoms with Gasteiger partial charge in [-0.15, -0.1) is 11.3 Å². The van der Waals surface area contributed by atoms with Gasteiger partial charge in [-0.3, -0.25) is 0 Å². The lowest BCUT2D eigenvalue weighted by atomic mass is 10.1. The molecule has 2 aromatic rings. The van der Waals surface area contributed by atoms with Gasteiger partial charge in [0, 0.05) is 12.4 Å². The quantitative estimate of drug-likeness (QED) is 0.733. The highest BCUT2D eigenvalue weighted by Gasteiger charge is 2.24. The predicted molar refractivity (Wildman–Crippen MR) is 92.7 cm³/mol. The van der Waals surface area contributed by atoms with Crippen LogP contribution in [0.15, 0.2) is 28.5 Å². The van der Waals surface area contributed by atoms with Gasteiger partial charge in [-0.2, -0.15) is 4.31 Å². The molecule has 1 heterocycles. The summed E-state index contributed by atoms with van der Waals surface area (Å²) in [5.41, 5.74) is 1.55. The molecular formula is C16H20N2O4S2. The molecule has 0 atom stereocenters. The Balaban J connectivity index is 2.27. The largest absolute Gasteiger partial charge is 0.465 e. The Kier molecular flexibility index (Phi) is 5.74. The van der Waals surface area contributed by atoms with Crippen LogP contribution in [0, 0.1) is 6.92 Å². The van der Waals surface area contributed by atoms with Crippen molar-refractivity contribution in [2.24, 2.45) is 0 Å². The summed E-state index contributed by atoms with van der Waals surface area (Å²) in [6, 6.07) is 4.41. The molecule has 0 bridgehead atoms. The number of methoxy groups -OCH3 is 1. The molecule has 0 spiro atoms. The van der Waals surface area contributed by atoms with Crippen molar-refractivity contribution in [2.75, 3.05) is 14.2 Å². The first kappa shape index (κ1) is 18.6. The molecule has 0 aliphatic heterocycles. The van der Waals surface area contributed by atoms with E-state index in [1.165, 1.54) is 48.0 Å². The first-order valence-electron chi connectivity index (χ1n) is 7.38. The molecule has 0 saturated heterocycles. The zero-order chi connectivity index (χ0) is 17.9. The summed E-state index contributed by atoms with van der Waals surface area (Å²) in [5.74, 6) is -0.495. The Morgan fingerprint density at radius 2 is 2.08 bits per heavy atom. The van der Waals surface area contributed by atoms with E-state index in [0.29, 0.717) is 11.1 Å². The van der Waals surface area contributed by atoms with E-state index in [4.69, 9.17) is 0 Å². The van der Waals surface area contributed by atoms with E-state index in [1.807, 2.05) is 12.3 Å². The van der Waals surface area contributed by atoms with Crippen molar-refractivity contribution in [3.05, 3.63) is 45.4 Å². The number of carbonyl (C=O) groups is 1. The Bertz CT molecular complexity index is 844. The first-order chi connectivity index (χ1) is 11.3. The van der Waals surface area contributed by atoms with Crippen LogP contribution in [-0.2, 0) is 27.7 Å². The second kappa shape index (κ2) is 7.42. The SMILES string of the molecule is CCc1nc(CN(C)S(=O)(=O)c2ccc(C(=O)OC)cc2C)cs1. The summed E-state index contributed by atoms with van der Waals surface area (Å²) < 4.78 is 31.5. The number of thiazole rings is 1. The summed E-state index contributed by atoms with van der Waals surface area (Å²) in [4.78, 5) is 16.1. The number of ether oxygens (including phenoxy) is 1. The number of hydrogen-bond acceptors (Lipinski definition) is 6. The van der Waals surface area contributed by atoms with E-state index in [9.17, 15) is 13.2 Å². The highest BCUT2D eigenvalue weighted by atomic mass is 32.2. The number of esters is 1. The van der Waals surface area contributed by atoms with Gasteiger partial charge in [0.05, 0.1) is 34.8 Å². The number of aromatic nitrogens is 1. The maximum absolute atomic E-state index is 12.8. The average Bonchev–Trinajstić information content (AvgIpc) is 3.01. The fraction of sp³-hybridized carbons (Fsp3) is 0.375. The average molecular weight is 368 g/mol. The Morgan fingerprint density at radius 3 is 2.62 bits per heavy atom. The predicted octanol–water partition coefficient (Wildman–Crippen LogP) is 2.62. The van der Waals surface area contributed by atoms with Gasteiger partial charge in [-0.25, -0.2) is 18.2 Å². The van der Waals surface area contributed by atoms with Crippen LogP contribution in [0.4, 0.5) is 0 Å². The molecule has 0 aliphatic carbocycles. The fourth-order valence-corrected chi connectivity index (χ4v) is 4.33. The van der Waals surface area contributed by atoms with Crippen molar-refractivity contribution in [2.45, 2.75) is 31.7 Å². The number of sulfonamides is 1. The number of benzene rings is 1. The minimum atomic E-state index is -3.67. The highest BCUT2D eigenvalue weighted by molar-refractivity contribution is 7.89. The number of nitrogens with zero attached hydrogens (tertiary/aromatic N) is 2. The van der Waals surface area contributed by atoms with Crippen molar-refractivity contribution in [3.8, 4) is 0 Å². The van der Waals surface area contributed by atoms with Crippen LogP contribution >= 0.6 is 11.3 Å². The molecule has 0 unspecified atom stereocenters. The van der Waals surface area contributed by atoms with Gasteiger partial charge in [-0.05, 0) is 37.1 Å². The maximum Gasteiger partial charge on any atom is 0.337 e. The maximum atomic E-state index is 12.8. The van der Waals surface area contributed by atoms with Crippen LogP contribution in [-0.4, -0.2) is 37.8 Å². The van der Waals surface area contributed by atoms with Gasteiger partial charge in [-0.1, -0.05) is 6.92 Å². The van der Waals surface area contributed by atoms with E-state index >= 15 is 0 Å². The van der Waals surface area contributed by atoms with Crippen molar-refractivity contribution >= 4 is 27.3 Å². The first-order valence-corrected chi connectivity index (χ1v) is 9.70. The van der Waals surface area contributed by atoms with Crippen LogP contribution < -0.4 is 0 Å². The van der Waals surface area contributed by atoms with Crippen molar-refractivity contribution in [1.29, 1.82) is 0 Å². The molecule has 2 rings (SSSR count).